The van der Waals surface area contributed by atoms with Gasteiger partial charge in [-0.05, 0) is 49.6 Å². The van der Waals surface area contributed by atoms with Crippen molar-refractivity contribution in [2.75, 3.05) is 19.7 Å². The van der Waals surface area contributed by atoms with E-state index < -0.39 is 0 Å². The summed E-state index contributed by atoms with van der Waals surface area (Å²) >= 11 is 0. The van der Waals surface area contributed by atoms with Crippen molar-refractivity contribution in [3.63, 3.8) is 0 Å². The Labute approximate surface area is 184 Å². The van der Waals surface area contributed by atoms with Crippen LogP contribution in [0.1, 0.15) is 54.9 Å². The van der Waals surface area contributed by atoms with Gasteiger partial charge in [0.05, 0.1) is 12.5 Å². The Hall–Kier alpha value is -2.89. The number of nitrogens with zero attached hydrogens (tertiary/aromatic N) is 2. The Morgan fingerprint density at radius 3 is 2.68 bits per heavy atom. The monoisotopic (exact) mass is 421 g/mol. The summed E-state index contributed by atoms with van der Waals surface area (Å²) in [6, 6.07) is 11.3. The molecule has 2 heterocycles. The molecule has 1 atom stereocenters. The second kappa shape index (κ2) is 9.50. The largest absolute Gasteiger partial charge is 0.494 e. The predicted molar refractivity (Wildman–Crippen MR) is 119 cm³/mol. The summed E-state index contributed by atoms with van der Waals surface area (Å²) in [5.74, 6) is 0.683. The first-order valence-corrected chi connectivity index (χ1v) is 11.3. The summed E-state index contributed by atoms with van der Waals surface area (Å²) in [5, 5.41) is 3.14. The van der Waals surface area contributed by atoms with Crippen molar-refractivity contribution in [1.29, 1.82) is 0 Å². The maximum atomic E-state index is 13.3. The molecule has 2 aliphatic rings. The van der Waals surface area contributed by atoms with Crippen LogP contribution in [0.4, 0.5) is 0 Å². The van der Waals surface area contributed by atoms with Crippen molar-refractivity contribution in [3.8, 4) is 5.75 Å². The van der Waals surface area contributed by atoms with E-state index in [-0.39, 0.29) is 23.1 Å². The molecule has 1 aromatic carbocycles. The number of amides is 2. The third-order valence-corrected chi connectivity index (χ3v) is 6.70. The molecule has 2 aromatic rings. The van der Waals surface area contributed by atoms with Gasteiger partial charge in [0, 0.05) is 43.0 Å². The average Bonchev–Trinajstić information content (AvgIpc) is 3.17. The molecular formula is C25H31N3O3. The summed E-state index contributed by atoms with van der Waals surface area (Å²) in [4.78, 5) is 32.3. The van der Waals surface area contributed by atoms with Crippen LogP contribution in [-0.4, -0.2) is 41.4 Å². The number of benzene rings is 1. The van der Waals surface area contributed by atoms with Crippen molar-refractivity contribution in [3.05, 3.63) is 59.9 Å². The zero-order valence-corrected chi connectivity index (χ0v) is 18.2. The number of carbonyl (C=O) groups excluding carboxylic acids is 2. The van der Waals surface area contributed by atoms with Crippen molar-refractivity contribution in [1.82, 2.24) is 15.2 Å². The Kier molecular flexibility index (Phi) is 6.54. The van der Waals surface area contributed by atoms with Gasteiger partial charge >= 0.3 is 0 Å². The quantitative estimate of drug-likeness (QED) is 0.770. The molecule has 2 amide bonds. The molecule has 6 heteroatoms. The predicted octanol–water partition coefficient (Wildman–Crippen LogP) is 3.82. The maximum absolute atomic E-state index is 13.3. The SMILES string of the molecule is CCOc1cccc(CNC(=O)[C@@H]2CN(C(=O)c3ccncc3)CC23CCCCC3)c1. The smallest absolute Gasteiger partial charge is 0.254 e. The number of carbonyl (C=O) groups is 2. The molecule has 1 N–H and O–H groups in total. The zero-order chi connectivity index (χ0) is 21.7. The lowest BCUT2D eigenvalue weighted by Gasteiger charge is -2.37. The second-order valence-electron chi connectivity index (χ2n) is 8.70. The minimum absolute atomic E-state index is 0.00735. The standard InChI is InChI=1S/C25H31N3O3/c1-2-31-21-8-6-7-19(15-21)16-27-23(29)22-17-28(18-25(22)11-4-3-5-12-25)24(30)20-9-13-26-14-10-20/h6-10,13-15,22H,2-5,11-12,16-18H2,1H3,(H,27,29)/t22-/m0/s1. The minimum atomic E-state index is -0.173. The van der Waals surface area contributed by atoms with Gasteiger partial charge in [0.1, 0.15) is 5.75 Å². The number of ether oxygens (including phenoxy) is 1. The van der Waals surface area contributed by atoms with E-state index >= 15 is 0 Å². The van der Waals surface area contributed by atoms with Crippen LogP contribution >= 0.6 is 0 Å². The van der Waals surface area contributed by atoms with E-state index in [1.807, 2.05) is 36.1 Å². The molecule has 1 saturated heterocycles. The van der Waals surface area contributed by atoms with E-state index in [2.05, 4.69) is 10.3 Å². The van der Waals surface area contributed by atoms with Crippen LogP contribution in [0, 0.1) is 11.3 Å². The fourth-order valence-corrected chi connectivity index (χ4v) is 5.15. The molecule has 0 radical (unpaired) electrons. The number of hydrogen-bond acceptors (Lipinski definition) is 4. The van der Waals surface area contributed by atoms with Gasteiger partial charge in [-0.1, -0.05) is 31.4 Å². The Bertz CT molecular complexity index is 909. The number of rotatable bonds is 6. The van der Waals surface area contributed by atoms with Gasteiger partial charge in [0.25, 0.3) is 5.91 Å². The van der Waals surface area contributed by atoms with Crippen LogP contribution in [0.25, 0.3) is 0 Å². The molecule has 31 heavy (non-hydrogen) atoms. The number of pyridine rings is 1. The van der Waals surface area contributed by atoms with Crippen LogP contribution in [0.2, 0.25) is 0 Å². The van der Waals surface area contributed by atoms with Crippen molar-refractivity contribution < 1.29 is 14.3 Å². The van der Waals surface area contributed by atoms with Gasteiger partial charge in [-0.3, -0.25) is 14.6 Å². The lowest BCUT2D eigenvalue weighted by Crippen LogP contribution is -2.42. The number of likely N-dealkylation sites (tertiary alicyclic amines) is 1. The third-order valence-electron chi connectivity index (χ3n) is 6.70. The van der Waals surface area contributed by atoms with Gasteiger partial charge < -0.3 is 15.0 Å². The highest BCUT2D eigenvalue weighted by Crippen LogP contribution is 2.48. The van der Waals surface area contributed by atoms with Crippen LogP contribution in [0.3, 0.4) is 0 Å². The van der Waals surface area contributed by atoms with E-state index in [1.54, 1.807) is 24.5 Å². The third kappa shape index (κ3) is 4.73. The molecule has 2 fully saturated rings. The highest BCUT2D eigenvalue weighted by Gasteiger charge is 2.51. The maximum Gasteiger partial charge on any atom is 0.254 e. The molecule has 1 aliphatic carbocycles. The van der Waals surface area contributed by atoms with Crippen LogP contribution in [0.15, 0.2) is 48.8 Å². The van der Waals surface area contributed by atoms with Crippen LogP contribution in [-0.2, 0) is 11.3 Å². The van der Waals surface area contributed by atoms with E-state index in [4.69, 9.17) is 4.74 Å². The second-order valence-corrected chi connectivity index (χ2v) is 8.70. The van der Waals surface area contributed by atoms with Gasteiger partial charge in [0.15, 0.2) is 0 Å². The molecular weight excluding hydrogens is 390 g/mol. The average molecular weight is 422 g/mol. The highest BCUT2D eigenvalue weighted by atomic mass is 16.5. The Morgan fingerprint density at radius 1 is 1.16 bits per heavy atom. The first kappa shape index (κ1) is 21.3. The number of hydrogen-bond donors (Lipinski definition) is 1. The molecule has 4 rings (SSSR count). The molecule has 164 valence electrons. The first-order valence-electron chi connectivity index (χ1n) is 11.3. The van der Waals surface area contributed by atoms with Crippen LogP contribution < -0.4 is 10.1 Å². The van der Waals surface area contributed by atoms with Gasteiger partial charge in [-0.2, -0.15) is 0 Å². The highest BCUT2D eigenvalue weighted by molar-refractivity contribution is 5.95. The fourth-order valence-electron chi connectivity index (χ4n) is 5.15. The number of nitrogens with one attached hydrogen (secondary N) is 1. The van der Waals surface area contributed by atoms with Crippen molar-refractivity contribution >= 4 is 11.8 Å². The van der Waals surface area contributed by atoms with Gasteiger partial charge in [-0.25, -0.2) is 0 Å². The van der Waals surface area contributed by atoms with E-state index in [0.29, 0.717) is 31.8 Å². The zero-order valence-electron chi connectivity index (χ0n) is 18.2. The van der Waals surface area contributed by atoms with Gasteiger partial charge in [0.2, 0.25) is 5.91 Å². The summed E-state index contributed by atoms with van der Waals surface area (Å²) in [6.45, 7) is 4.17. The molecule has 1 aliphatic heterocycles. The molecule has 0 bridgehead atoms. The summed E-state index contributed by atoms with van der Waals surface area (Å²) in [5.41, 5.74) is 1.53. The minimum Gasteiger partial charge on any atom is -0.494 e. The fraction of sp³-hybridized carbons (Fsp3) is 0.480. The summed E-state index contributed by atoms with van der Waals surface area (Å²) < 4.78 is 5.56. The molecule has 1 saturated carbocycles. The first-order chi connectivity index (χ1) is 15.1. The molecule has 6 nitrogen and oxygen atoms in total. The molecule has 1 aromatic heterocycles. The summed E-state index contributed by atoms with van der Waals surface area (Å²) in [6.07, 6.45) is 8.74. The van der Waals surface area contributed by atoms with E-state index in [9.17, 15) is 9.59 Å². The lowest BCUT2D eigenvalue weighted by atomic mass is 9.67. The molecule has 1 spiro atoms. The Balaban J connectivity index is 1.47. The van der Waals surface area contributed by atoms with E-state index in [0.717, 1.165) is 37.0 Å². The van der Waals surface area contributed by atoms with Crippen molar-refractivity contribution in [2.45, 2.75) is 45.6 Å². The molecule has 0 unspecified atom stereocenters. The lowest BCUT2D eigenvalue weighted by molar-refractivity contribution is -0.128. The number of aromatic nitrogens is 1. The Morgan fingerprint density at radius 2 is 1.94 bits per heavy atom. The normalized spacial score (nSPS) is 19.9. The summed E-state index contributed by atoms with van der Waals surface area (Å²) in [7, 11) is 0. The topological polar surface area (TPSA) is 71.5 Å². The van der Waals surface area contributed by atoms with Crippen molar-refractivity contribution in [2.24, 2.45) is 11.3 Å². The van der Waals surface area contributed by atoms with Gasteiger partial charge in [-0.15, -0.1) is 0 Å². The van der Waals surface area contributed by atoms with E-state index in [1.165, 1.54) is 6.42 Å². The van der Waals surface area contributed by atoms with Crippen LogP contribution in [0.5, 0.6) is 5.75 Å².